The summed E-state index contributed by atoms with van der Waals surface area (Å²) >= 11 is 0. The lowest BCUT2D eigenvalue weighted by molar-refractivity contribution is -0.115. The molecule has 0 saturated heterocycles. The zero-order chi connectivity index (χ0) is 20.4. The van der Waals surface area contributed by atoms with E-state index in [0.29, 0.717) is 28.6 Å². The molecule has 0 bridgehead atoms. The Bertz CT molecular complexity index is 1050. The molecule has 0 unspecified atom stereocenters. The molecule has 1 heterocycles. The van der Waals surface area contributed by atoms with Crippen molar-refractivity contribution < 1.29 is 14.0 Å². The summed E-state index contributed by atoms with van der Waals surface area (Å²) in [6, 6.07) is 15.2. The predicted octanol–water partition coefficient (Wildman–Crippen LogP) is 4.03. The minimum absolute atomic E-state index is 0.0973. The fourth-order valence-electron chi connectivity index (χ4n) is 3.04. The van der Waals surface area contributed by atoms with E-state index in [2.05, 4.69) is 15.6 Å². The summed E-state index contributed by atoms with van der Waals surface area (Å²) in [6.07, 6.45) is 2.16. The Morgan fingerprint density at radius 3 is 2.59 bits per heavy atom. The van der Waals surface area contributed by atoms with Crippen molar-refractivity contribution in [2.24, 2.45) is 0 Å². The number of carbonyl (C=O) groups excluding carboxylic acids is 2. The Labute approximate surface area is 169 Å². The zero-order valence-corrected chi connectivity index (χ0v) is 16.5. The number of benzene rings is 2. The molecule has 6 heteroatoms. The molecule has 3 aromatic rings. The van der Waals surface area contributed by atoms with Gasteiger partial charge in [-0.05, 0) is 56.5 Å². The van der Waals surface area contributed by atoms with E-state index in [4.69, 9.17) is 4.42 Å². The van der Waals surface area contributed by atoms with Gasteiger partial charge < -0.3 is 15.1 Å². The lowest BCUT2D eigenvalue weighted by atomic mass is 10.1. The highest BCUT2D eigenvalue weighted by atomic mass is 16.4. The van der Waals surface area contributed by atoms with Crippen LogP contribution in [-0.4, -0.2) is 22.8 Å². The summed E-state index contributed by atoms with van der Waals surface area (Å²) in [5, 5.41) is 5.86. The third-order valence-electron chi connectivity index (χ3n) is 4.93. The maximum absolute atomic E-state index is 12.6. The van der Waals surface area contributed by atoms with E-state index in [1.807, 2.05) is 43.3 Å². The molecule has 0 radical (unpaired) electrons. The van der Waals surface area contributed by atoms with Gasteiger partial charge in [0.15, 0.2) is 0 Å². The molecule has 1 saturated carbocycles. The molecule has 4 rings (SSSR count). The minimum atomic E-state index is -0.205. The Morgan fingerprint density at radius 2 is 1.86 bits per heavy atom. The maximum atomic E-state index is 12.6. The fourth-order valence-corrected chi connectivity index (χ4v) is 3.04. The lowest BCUT2D eigenvalue weighted by Gasteiger charge is -2.10. The van der Waals surface area contributed by atoms with Crippen molar-refractivity contribution in [3.8, 4) is 11.5 Å². The van der Waals surface area contributed by atoms with Gasteiger partial charge in [0.2, 0.25) is 11.8 Å². The second-order valence-corrected chi connectivity index (χ2v) is 7.39. The largest absolute Gasteiger partial charge is 0.441 e. The van der Waals surface area contributed by atoms with E-state index in [9.17, 15) is 9.59 Å². The molecule has 2 N–H and O–H groups in total. The number of amides is 2. The number of aromatic nitrogens is 1. The highest BCUT2D eigenvalue weighted by molar-refractivity contribution is 5.98. The molecule has 0 aliphatic heterocycles. The average Bonchev–Trinajstić information content (AvgIpc) is 3.45. The van der Waals surface area contributed by atoms with Gasteiger partial charge in [-0.1, -0.05) is 24.3 Å². The SMILES string of the molecule is Cc1ccc(C(=O)NC2CC2)cc1NC(=O)Cc1nc(-c2ccccc2)oc1C. The van der Waals surface area contributed by atoms with Crippen molar-refractivity contribution in [2.45, 2.75) is 39.2 Å². The van der Waals surface area contributed by atoms with Crippen molar-refractivity contribution in [3.63, 3.8) is 0 Å². The number of carbonyl (C=O) groups is 2. The normalized spacial score (nSPS) is 13.2. The molecular formula is C23H23N3O3. The summed E-state index contributed by atoms with van der Waals surface area (Å²) in [5.41, 5.74) is 3.53. The van der Waals surface area contributed by atoms with Crippen LogP contribution in [0.1, 0.15) is 40.2 Å². The molecule has 0 atom stereocenters. The number of hydrogen-bond acceptors (Lipinski definition) is 4. The first-order chi connectivity index (χ1) is 14.0. The molecular weight excluding hydrogens is 366 g/mol. The summed E-state index contributed by atoms with van der Waals surface area (Å²) in [4.78, 5) is 29.4. The number of nitrogens with zero attached hydrogens (tertiary/aromatic N) is 1. The van der Waals surface area contributed by atoms with E-state index < -0.39 is 0 Å². The smallest absolute Gasteiger partial charge is 0.251 e. The van der Waals surface area contributed by atoms with Crippen molar-refractivity contribution in [1.82, 2.24) is 10.3 Å². The zero-order valence-electron chi connectivity index (χ0n) is 16.5. The molecule has 2 aromatic carbocycles. The fraction of sp³-hybridized carbons (Fsp3) is 0.261. The second-order valence-electron chi connectivity index (χ2n) is 7.39. The molecule has 6 nitrogen and oxygen atoms in total. The Kier molecular flexibility index (Phi) is 5.16. The molecule has 1 aliphatic carbocycles. The molecule has 1 aromatic heterocycles. The number of rotatable bonds is 6. The van der Waals surface area contributed by atoms with E-state index in [0.717, 1.165) is 24.0 Å². The van der Waals surface area contributed by atoms with Crippen LogP contribution in [0.5, 0.6) is 0 Å². The molecule has 0 spiro atoms. The first-order valence-electron chi connectivity index (χ1n) is 9.72. The van der Waals surface area contributed by atoms with E-state index in [1.54, 1.807) is 19.1 Å². The third-order valence-corrected chi connectivity index (χ3v) is 4.93. The van der Waals surface area contributed by atoms with E-state index >= 15 is 0 Å². The second kappa shape index (κ2) is 7.91. The van der Waals surface area contributed by atoms with Gasteiger partial charge in [-0.25, -0.2) is 4.98 Å². The van der Waals surface area contributed by atoms with E-state index in [-0.39, 0.29) is 24.3 Å². The first-order valence-corrected chi connectivity index (χ1v) is 9.72. The standard InChI is InChI=1S/C23H23N3O3/c1-14-8-9-17(22(28)24-18-10-11-18)12-19(14)25-21(27)13-20-15(2)29-23(26-20)16-6-4-3-5-7-16/h3-9,12,18H,10-11,13H2,1-2H3,(H,24,28)(H,25,27). The summed E-state index contributed by atoms with van der Waals surface area (Å²) in [7, 11) is 0. The molecule has 1 aliphatic rings. The van der Waals surface area contributed by atoms with Crippen molar-refractivity contribution >= 4 is 17.5 Å². The quantitative estimate of drug-likeness (QED) is 0.667. The topological polar surface area (TPSA) is 84.2 Å². The number of aryl methyl sites for hydroxylation is 2. The molecule has 1 fully saturated rings. The van der Waals surface area contributed by atoms with Crippen LogP contribution in [0.3, 0.4) is 0 Å². The van der Waals surface area contributed by atoms with Crippen LogP contribution in [0.15, 0.2) is 52.9 Å². The van der Waals surface area contributed by atoms with Gasteiger partial charge in [-0.15, -0.1) is 0 Å². The van der Waals surface area contributed by atoms with Crippen LogP contribution >= 0.6 is 0 Å². The summed E-state index contributed by atoms with van der Waals surface area (Å²) < 4.78 is 5.72. The summed E-state index contributed by atoms with van der Waals surface area (Å²) in [5.74, 6) is 0.806. The maximum Gasteiger partial charge on any atom is 0.251 e. The highest BCUT2D eigenvalue weighted by Crippen LogP contribution is 2.23. The number of hydrogen-bond donors (Lipinski definition) is 2. The van der Waals surface area contributed by atoms with Gasteiger partial charge in [-0.2, -0.15) is 0 Å². The van der Waals surface area contributed by atoms with E-state index in [1.165, 1.54) is 0 Å². The molecule has 29 heavy (non-hydrogen) atoms. The number of nitrogens with one attached hydrogen (secondary N) is 2. The van der Waals surface area contributed by atoms with Crippen LogP contribution in [0.25, 0.3) is 11.5 Å². The van der Waals surface area contributed by atoms with Crippen LogP contribution < -0.4 is 10.6 Å². The van der Waals surface area contributed by atoms with Gasteiger partial charge >= 0.3 is 0 Å². The van der Waals surface area contributed by atoms with Crippen LogP contribution in [0.4, 0.5) is 5.69 Å². The highest BCUT2D eigenvalue weighted by Gasteiger charge is 2.24. The minimum Gasteiger partial charge on any atom is -0.441 e. The van der Waals surface area contributed by atoms with Crippen molar-refractivity contribution in [3.05, 3.63) is 71.1 Å². The van der Waals surface area contributed by atoms with Gasteiger partial charge in [0.25, 0.3) is 5.91 Å². The number of oxazole rings is 1. The predicted molar refractivity (Wildman–Crippen MR) is 111 cm³/mol. The van der Waals surface area contributed by atoms with Gasteiger partial charge in [0.05, 0.1) is 12.1 Å². The number of anilines is 1. The Morgan fingerprint density at radius 1 is 1.10 bits per heavy atom. The van der Waals surface area contributed by atoms with Gasteiger partial charge in [-0.3, -0.25) is 9.59 Å². The molecule has 148 valence electrons. The lowest BCUT2D eigenvalue weighted by Crippen LogP contribution is -2.25. The molecule has 2 amide bonds. The van der Waals surface area contributed by atoms with Crippen LogP contribution in [-0.2, 0) is 11.2 Å². The Hall–Kier alpha value is -3.41. The first kappa shape index (κ1) is 18.9. The van der Waals surface area contributed by atoms with Gasteiger partial charge in [0.1, 0.15) is 5.76 Å². The van der Waals surface area contributed by atoms with Crippen LogP contribution in [0.2, 0.25) is 0 Å². The van der Waals surface area contributed by atoms with Crippen LogP contribution in [0, 0.1) is 13.8 Å². The van der Waals surface area contributed by atoms with Gasteiger partial charge in [0, 0.05) is 22.9 Å². The summed E-state index contributed by atoms with van der Waals surface area (Å²) in [6.45, 7) is 3.70. The Balaban J connectivity index is 1.46. The van der Waals surface area contributed by atoms with Crippen molar-refractivity contribution in [1.29, 1.82) is 0 Å². The third kappa shape index (κ3) is 4.54. The average molecular weight is 389 g/mol. The monoisotopic (exact) mass is 389 g/mol. The van der Waals surface area contributed by atoms with Crippen molar-refractivity contribution in [2.75, 3.05) is 5.32 Å².